The Balaban J connectivity index is 1.47. The Bertz CT molecular complexity index is 1190. The lowest BCUT2D eigenvalue weighted by Gasteiger charge is -2.37. The van der Waals surface area contributed by atoms with Gasteiger partial charge in [0.1, 0.15) is 17.5 Å². The van der Waals surface area contributed by atoms with Gasteiger partial charge in [0.05, 0.1) is 12.8 Å². The monoisotopic (exact) mass is 482 g/mol. The maximum absolute atomic E-state index is 13.4. The van der Waals surface area contributed by atoms with Crippen molar-refractivity contribution < 1.29 is 18.3 Å². The van der Waals surface area contributed by atoms with E-state index >= 15 is 0 Å². The van der Waals surface area contributed by atoms with Crippen LogP contribution in [0.5, 0.6) is 5.75 Å². The van der Waals surface area contributed by atoms with E-state index in [1.54, 1.807) is 12.1 Å². The summed E-state index contributed by atoms with van der Waals surface area (Å²) in [6.07, 6.45) is 3.46. The molecule has 0 aliphatic carbocycles. The number of para-hydroxylation sites is 1. The van der Waals surface area contributed by atoms with Crippen LogP contribution in [-0.2, 0) is 19.4 Å². The normalized spacial score (nSPS) is 19.8. The first-order valence-electron chi connectivity index (χ1n) is 11.7. The molecule has 0 unspecified atom stereocenters. The Labute approximate surface area is 206 Å². The third-order valence-corrected chi connectivity index (χ3v) is 7.71. The molecule has 0 aromatic heterocycles. The van der Waals surface area contributed by atoms with Crippen LogP contribution in [0.4, 0.5) is 0 Å². The first-order valence-corrected chi connectivity index (χ1v) is 13.4. The first kappa shape index (κ1) is 23.3. The molecule has 35 heavy (non-hydrogen) atoms. The van der Waals surface area contributed by atoms with E-state index < -0.39 is 19.3 Å². The molecule has 0 N–H and O–H groups in total. The molecule has 5 heteroatoms. The van der Waals surface area contributed by atoms with Gasteiger partial charge in [0.2, 0.25) is 0 Å². The lowest BCUT2D eigenvalue weighted by Crippen LogP contribution is -2.36. The Morgan fingerprint density at radius 2 is 1.17 bits per heavy atom. The second-order valence-electron chi connectivity index (χ2n) is 8.36. The molecule has 0 saturated carbocycles. The smallest absolute Gasteiger partial charge is 0.383 e. The van der Waals surface area contributed by atoms with Gasteiger partial charge in [-0.05, 0) is 28.8 Å². The number of rotatable bonds is 8. The number of ether oxygens (including phenoxy) is 1. The number of hydrogen-bond donors (Lipinski definition) is 0. The third kappa shape index (κ3) is 5.16. The summed E-state index contributed by atoms with van der Waals surface area (Å²) in [6, 6.07) is 39.6. The molecule has 0 radical (unpaired) electrons. The van der Waals surface area contributed by atoms with Crippen LogP contribution < -0.4 is 4.52 Å². The average molecular weight is 483 g/mol. The molecule has 0 spiro atoms. The van der Waals surface area contributed by atoms with Gasteiger partial charge < -0.3 is 9.26 Å². The largest absolute Gasteiger partial charge is 0.424 e. The van der Waals surface area contributed by atoms with Gasteiger partial charge in [0.15, 0.2) is 0 Å². The van der Waals surface area contributed by atoms with Crippen molar-refractivity contribution in [1.29, 1.82) is 0 Å². The van der Waals surface area contributed by atoms with Gasteiger partial charge in [-0.1, -0.05) is 121 Å². The SMILES string of the molecule is O=[P@]1(Oc2ccccc2)CC=C[C@@H](COC(c2ccccc2)(c2ccccc2)c2ccccc2)O1. The van der Waals surface area contributed by atoms with Crippen LogP contribution in [0.25, 0.3) is 0 Å². The highest BCUT2D eigenvalue weighted by Crippen LogP contribution is 2.52. The number of allylic oxidation sites excluding steroid dienone is 1. The molecule has 0 amide bonds. The molecule has 1 aliphatic rings. The zero-order valence-electron chi connectivity index (χ0n) is 19.3. The lowest BCUT2D eigenvalue weighted by molar-refractivity contribution is -0.0211. The second kappa shape index (κ2) is 10.5. The summed E-state index contributed by atoms with van der Waals surface area (Å²) in [5.74, 6) is 0.526. The number of benzene rings is 4. The zero-order chi connectivity index (χ0) is 24.0. The third-order valence-electron chi connectivity index (χ3n) is 5.97. The van der Waals surface area contributed by atoms with Crippen LogP contribution in [0.2, 0.25) is 0 Å². The fourth-order valence-corrected chi connectivity index (χ4v) is 5.96. The fraction of sp³-hybridized carbons (Fsp3) is 0.133. The Kier molecular flexibility index (Phi) is 6.96. The van der Waals surface area contributed by atoms with Gasteiger partial charge in [0.25, 0.3) is 0 Å². The highest BCUT2D eigenvalue weighted by Gasteiger charge is 2.39. The van der Waals surface area contributed by atoms with Gasteiger partial charge in [-0.2, -0.15) is 0 Å². The van der Waals surface area contributed by atoms with Crippen molar-refractivity contribution in [1.82, 2.24) is 0 Å². The standard InChI is InChI=1S/C30H27O4P/c31-35(33-28-20-11-4-12-21-28)23-13-22-29(34-35)24-32-30(25-14-5-1-6-15-25,26-16-7-2-8-17-26)27-18-9-3-10-19-27/h1-22,29H,23-24H2/t29-,35-/m0/s1. The molecular formula is C30H27O4P. The molecule has 4 aromatic carbocycles. The Hall–Kier alpha value is -3.43. The van der Waals surface area contributed by atoms with Crippen LogP contribution in [0.3, 0.4) is 0 Å². The van der Waals surface area contributed by atoms with E-state index in [-0.39, 0.29) is 12.8 Å². The second-order valence-corrected chi connectivity index (χ2v) is 10.3. The first-order chi connectivity index (χ1) is 17.2. The van der Waals surface area contributed by atoms with E-state index in [9.17, 15) is 4.57 Å². The van der Waals surface area contributed by atoms with E-state index in [0.29, 0.717) is 5.75 Å². The van der Waals surface area contributed by atoms with Gasteiger partial charge >= 0.3 is 7.60 Å². The summed E-state index contributed by atoms with van der Waals surface area (Å²) >= 11 is 0. The maximum Gasteiger partial charge on any atom is 0.383 e. The molecule has 176 valence electrons. The molecule has 5 rings (SSSR count). The van der Waals surface area contributed by atoms with E-state index in [1.165, 1.54) is 0 Å². The Morgan fingerprint density at radius 3 is 1.66 bits per heavy atom. The highest BCUT2D eigenvalue weighted by atomic mass is 31.2. The fourth-order valence-electron chi connectivity index (χ4n) is 4.39. The molecule has 4 aromatic rings. The van der Waals surface area contributed by atoms with Crippen molar-refractivity contribution in [2.45, 2.75) is 11.7 Å². The van der Waals surface area contributed by atoms with E-state index in [0.717, 1.165) is 16.7 Å². The van der Waals surface area contributed by atoms with Gasteiger partial charge in [-0.15, -0.1) is 0 Å². The van der Waals surface area contributed by atoms with E-state index in [4.69, 9.17) is 13.8 Å². The molecule has 2 atom stereocenters. The Morgan fingerprint density at radius 1 is 0.714 bits per heavy atom. The van der Waals surface area contributed by atoms with Gasteiger partial charge in [-0.25, -0.2) is 4.57 Å². The zero-order valence-corrected chi connectivity index (χ0v) is 20.2. The average Bonchev–Trinajstić information content (AvgIpc) is 2.91. The van der Waals surface area contributed by atoms with Crippen molar-refractivity contribution >= 4 is 7.60 Å². The van der Waals surface area contributed by atoms with Crippen LogP contribution in [0, 0.1) is 0 Å². The van der Waals surface area contributed by atoms with Crippen LogP contribution in [-0.4, -0.2) is 18.9 Å². The maximum atomic E-state index is 13.4. The minimum atomic E-state index is -3.36. The molecule has 0 bridgehead atoms. The van der Waals surface area contributed by atoms with Crippen molar-refractivity contribution in [3.8, 4) is 5.75 Å². The summed E-state index contributed by atoms with van der Waals surface area (Å²) in [5, 5.41) is 0. The number of hydrogen-bond acceptors (Lipinski definition) is 4. The summed E-state index contributed by atoms with van der Waals surface area (Å²) in [5.41, 5.74) is 2.13. The van der Waals surface area contributed by atoms with Crippen LogP contribution >= 0.6 is 7.60 Å². The minimum absolute atomic E-state index is 0.192. The van der Waals surface area contributed by atoms with Crippen molar-refractivity contribution in [2.24, 2.45) is 0 Å². The van der Waals surface area contributed by atoms with Crippen LogP contribution in [0.15, 0.2) is 133 Å². The van der Waals surface area contributed by atoms with Crippen LogP contribution in [0.1, 0.15) is 16.7 Å². The molecule has 1 heterocycles. The molecule has 0 saturated heterocycles. The van der Waals surface area contributed by atoms with Gasteiger partial charge in [-0.3, -0.25) is 4.52 Å². The predicted molar refractivity (Wildman–Crippen MR) is 139 cm³/mol. The summed E-state index contributed by atoms with van der Waals surface area (Å²) in [6.45, 7) is 0.192. The topological polar surface area (TPSA) is 44.8 Å². The van der Waals surface area contributed by atoms with E-state index in [1.807, 2.05) is 84.9 Å². The summed E-state index contributed by atoms with van der Waals surface area (Å²) in [7, 11) is -3.36. The molecule has 4 nitrogen and oxygen atoms in total. The lowest BCUT2D eigenvalue weighted by atomic mass is 9.80. The molecular weight excluding hydrogens is 455 g/mol. The van der Waals surface area contributed by atoms with Crippen molar-refractivity contribution in [2.75, 3.05) is 12.8 Å². The minimum Gasteiger partial charge on any atom is -0.424 e. The van der Waals surface area contributed by atoms with E-state index in [2.05, 4.69) is 36.4 Å². The molecule has 1 aliphatic heterocycles. The van der Waals surface area contributed by atoms with Crippen molar-refractivity contribution in [3.05, 3.63) is 150 Å². The van der Waals surface area contributed by atoms with Gasteiger partial charge in [0, 0.05) is 0 Å². The van der Waals surface area contributed by atoms with Crippen molar-refractivity contribution in [3.63, 3.8) is 0 Å². The summed E-state index contributed by atoms with van der Waals surface area (Å²) in [4.78, 5) is 0. The summed E-state index contributed by atoms with van der Waals surface area (Å²) < 4.78 is 32.0. The highest BCUT2D eigenvalue weighted by molar-refractivity contribution is 7.54. The molecule has 0 fully saturated rings. The quantitative estimate of drug-likeness (QED) is 0.151. The predicted octanol–water partition coefficient (Wildman–Crippen LogP) is 7.22.